The predicted molar refractivity (Wildman–Crippen MR) is 131 cm³/mol. The van der Waals surface area contributed by atoms with Crippen molar-refractivity contribution in [2.45, 2.75) is 33.2 Å². The zero-order valence-corrected chi connectivity index (χ0v) is 20.7. The first kappa shape index (κ1) is 26.1. The van der Waals surface area contributed by atoms with Gasteiger partial charge in [-0.25, -0.2) is 14.5 Å². The number of halogens is 3. The lowest BCUT2D eigenvalue weighted by molar-refractivity contribution is -0.274. The molecule has 0 atom stereocenters. The lowest BCUT2D eigenvalue weighted by Crippen LogP contribution is -2.41. The number of carbonyl (C=O) groups excluding carboxylic acids is 1. The number of hydrogen-bond donors (Lipinski definition) is 1. The van der Waals surface area contributed by atoms with Crippen LogP contribution in [0.25, 0.3) is 5.69 Å². The lowest BCUT2D eigenvalue weighted by atomic mass is 10.2. The van der Waals surface area contributed by atoms with E-state index in [9.17, 15) is 18.0 Å². The number of aryl methyl sites for hydroxylation is 1. The maximum atomic E-state index is 12.8. The molecule has 1 saturated heterocycles. The second kappa shape index (κ2) is 11.4. The Labute approximate surface area is 212 Å². The van der Waals surface area contributed by atoms with Crippen LogP contribution in [-0.2, 0) is 6.54 Å². The smallest absolute Gasteiger partial charge is 0.492 e. The fourth-order valence-electron chi connectivity index (χ4n) is 4.16. The van der Waals surface area contributed by atoms with E-state index < -0.39 is 6.36 Å². The minimum absolute atomic E-state index is 0.0771. The van der Waals surface area contributed by atoms with Gasteiger partial charge in [-0.1, -0.05) is 18.2 Å². The second-order valence-electron chi connectivity index (χ2n) is 8.46. The van der Waals surface area contributed by atoms with E-state index in [-0.39, 0.29) is 23.9 Å². The largest absolute Gasteiger partial charge is 0.573 e. The highest BCUT2D eigenvalue weighted by molar-refractivity contribution is 5.74. The van der Waals surface area contributed by atoms with Gasteiger partial charge in [0.05, 0.1) is 6.61 Å². The molecule has 0 unspecified atom stereocenters. The third kappa shape index (κ3) is 6.83. The van der Waals surface area contributed by atoms with Gasteiger partial charge < -0.3 is 24.6 Å². The third-order valence-electron chi connectivity index (χ3n) is 5.87. The molecule has 2 heterocycles. The average molecular weight is 519 g/mol. The van der Waals surface area contributed by atoms with Crippen molar-refractivity contribution in [2.24, 2.45) is 0 Å². The summed E-state index contributed by atoms with van der Waals surface area (Å²) in [5.74, 6) is 1.02. The lowest BCUT2D eigenvalue weighted by Gasteiger charge is -2.25. The molecule has 2 amide bonds. The van der Waals surface area contributed by atoms with E-state index in [1.54, 1.807) is 22.0 Å². The Morgan fingerprint density at radius 2 is 1.89 bits per heavy atom. The maximum Gasteiger partial charge on any atom is 0.573 e. The number of amides is 2. The number of alkyl halides is 3. The van der Waals surface area contributed by atoms with Gasteiger partial charge in [0.25, 0.3) is 0 Å². The quantitative estimate of drug-likeness (QED) is 0.502. The molecule has 0 bridgehead atoms. The zero-order valence-electron chi connectivity index (χ0n) is 20.7. The summed E-state index contributed by atoms with van der Waals surface area (Å²) < 4.78 is 49.6. The Hall–Kier alpha value is -3.96. The van der Waals surface area contributed by atoms with E-state index in [4.69, 9.17) is 4.74 Å². The summed E-state index contributed by atoms with van der Waals surface area (Å²) >= 11 is 0. The highest BCUT2D eigenvalue weighted by atomic mass is 19.4. The number of anilines is 1. The van der Waals surface area contributed by atoms with Crippen LogP contribution in [0.3, 0.4) is 0 Å². The van der Waals surface area contributed by atoms with Crippen molar-refractivity contribution in [3.8, 4) is 17.2 Å². The molecule has 4 rings (SSSR count). The number of nitrogens with zero attached hydrogens (tertiary/aromatic N) is 5. The standard InChI is InChI=1S/C25H29F3N6O3/c1-3-36-23-15-20(9-10-21(23)34-17-30-18(2)31-34)32-11-6-12-33(14-13-32)24(35)29-16-19-7-4-5-8-22(19)37-25(26,27)28/h4-5,7-10,15,17H,3,6,11-14,16H2,1-2H3,(H,29,35). The normalized spacial score (nSPS) is 14.3. The fraction of sp³-hybridized carbons (Fsp3) is 0.400. The van der Waals surface area contributed by atoms with Crippen LogP contribution in [0.1, 0.15) is 24.7 Å². The first-order valence-electron chi connectivity index (χ1n) is 12.0. The van der Waals surface area contributed by atoms with Crippen LogP contribution in [0.2, 0.25) is 0 Å². The van der Waals surface area contributed by atoms with Crippen LogP contribution >= 0.6 is 0 Å². The molecule has 1 aliphatic heterocycles. The maximum absolute atomic E-state index is 12.8. The van der Waals surface area contributed by atoms with Gasteiger partial charge in [-0.05, 0) is 38.5 Å². The van der Waals surface area contributed by atoms with Crippen molar-refractivity contribution in [3.05, 3.63) is 60.2 Å². The monoisotopic (exact) mass is 518 g/mol. The Morgan fingerprint density at radius 3 is 2.62 bits per heavy atom. The van der Waals surface area contributed by atoms with Crippen molar-refractivity contribution in [1.82, 2.24) is 25.0 Å². The van der Waals surface area contributed by atoms with Crippen LogP contribution in [0.15, 0.2) is 48.8 Å². The first-order valence-corrected chi connectivity index (χ1v) is 12.0. The van der Waals surface area contributed by atoms with E-state index in [1.807, 2.05) is 32.0 Å². The van der Waals surface area contributed by atoms with Crippen molar-refractivity contribution in [2.75, 3.05) is 37.7 Å². The minimum Gasteiger partial charge on any atom is -0.492 e. The van der Waals surface area contributed by atoms with Gasteiger partial charge in [0, 0.05) is 50.0 Å². The molecule has 1 N–H and O–H groups in total. The van der Waals surface area contributed by atoms with Crippen LogP contribution in [-0.4, -0.2) is 64.8 Å². The molecule has 2 aromatic carbocycles. The summed E-state index contributed by atoms with van der Waals surface area (Å²) in [6.07, 6.45) is -2.43. The molecule has 0 aliphatic carbocycles. The molecule has 3 aromatic rings. The Kier molecular flexibility index (Phi) is 8.04. The highest BCUT2D eigenvalue weighted by Crippen LogP contribution is 2.29. The number of nitrogens with one attached hydrogen (secondary N) is 1. The third-order valence-corrected chi connectivity index (χ3v) is 5.87. The van der Waals surface area contributed by atoms with Crippen LogP contribution in [0, 0.1) is 6.92 Å². The summed E-state index contributed by atoms with van der Waals surface area (Å²) in [7, 11) is 0. The molecule has 12 heteroatoms. The molecule has 1 aromatic heterocycles. The molecular weight excluding hydrogens is 489 g/mol. The molecule has 1 fully saturated rings. The number of benzene rings is 2. The van der Waals surface area contributed by atoms with E-state index in [1.165, 1.54) is 18.2 Å². The SMILES string of the molecule is CCOc1cc(N2CCCN(C(=O)NCc3ccccc3OC(F)(F)F)CC2)ccc1-n1cnc(C)n1. The number of carbonyl (C=O) groups is 1. The molecular formula is C25H29F3N6O3. The zero-order chi connectivity index (χ0) is 26.4. The summed E-state index contributed by atoms with van der Waals surface area (Å²) in [6, 6.07) is 11.3. The van der Waals surface area contributed by atoms with E-state index in [0.29, 0.717) is 37.8 Å². The van der Waals surface area contributed by atoms with Gasteiger partial charge >= 0.3 is 12.4 Å². The molecule has 0 saturated carbocycles. The summed E-state index contributed by atoms with van der Waals surface area (Å²) in [6.45, 7) is 6.46. The van der Waals surface area contributed by atoms with Gasteiger partial charge in [-0.15, -0.1) is 13.2 Å². The molecule has 9 nitrogen and oxygen atoms in total. The van der Waals surface area contributed by atoms with Crippen molar-refractivity contribution in [3.63, 3.8) is 0 Å². The Balaban J connectivity index is 1.39. The second-order valence-corrected chi connectivity index (χ2v) is 8.46. The van der Waals surface area contributed by atoms with E-state index in [2.05, 4.69) is 25.0 Å². The first-order chi connectivity index (χ1) is 17.7. The molecule has 0 spiro atoms. The number of rotatable bonds is 7. The molecule has 0 radical (unpaired) electrons. The van der Waals surface area contributed by atoms with Gasteiger partial charge in [-0.2, -0.15) is 5.10 Å². The summed E-state index contributed by atoms with van der Waals surface area (Å²) in [5.41, 5.74) is 2.00. The molecule has 37 heavy (non-hydrogen) atoms. The van der Waals surface area contributed by atoms with Crippen LogP contribution < -0.4 is 19.7 Å². The van der Waals surface area contributed by atoms with Gasteiger partial charge in [-0.3, -0.25) is 0 Å². The summed E-state index contributed by atoms with van der Waals surface area (Å²) in [4.78, 5) is 20.8. The van der Waals surface area contributed by atoms with Crippen molar-refractivity contribution >= 4 is 11.7 Å². The molecule has 198 valence electrons. The van der Waals surface area contributed by atoms with Gasteiger partial charge in [0.2, 0.25) is 0 Å². The number of ether oxygens (including phenoxy) is 2. The number of hydrogen-bond acceptors (Lipinski definition) is 6. The van der Waals surface area contributed by atoms with E-state index >= 15 is 0 Å². The fourth-order valence-corrected chi connectivity index (χ4v) is 4.16. The van der Waals surface area contributed by atoms with E-state index in [0.717, 1.165) is 24.3 Å². The Bertz CT molecular complexity index is 1220. The van der Waals surface area contributed by atoms with Crippen molar-refractivity contribution < 1.29 is 27.4 Å². The van der Waals surface area contributed by atoms with Gasteiger partial charge in [0.1, 0.15) is 29.3 Å². The average Bonchev–Trinajstić information content (AvgIpc) is 3.13. The van der Waals surface area contributed by atoms with Crippen molar-refractivity contribution in [1.29, 1.82) is 0 Å². The number of urea groups is 1. The summed E-state index contributed by atoms with van der Waals surface area (Å²) in [5, 5.41) is 7.09. The topological polar surface area (TPSA) is 84.8 Å². The molecule has 1 aliphatic rings. The van der Waals surface area contributed by atoms with Gasteiger partial charge in [0.15, 0.2) is 0 Å². The van der Waals surface area contributed by atoms with Crippen LogP contribution in [0.5, 0.6) is 11.5 Å². The Morgan fingerprint density at radius 1 is 1.08 bits per heavy atom. The number of para-hydroxylation sites is 1. The number of aromatic nitrogens is 3. The minimum atomic E-state index is -4.80. The van der Waals surface area contributed by atoms with Crippen LogP contribution in [0.4, 0.5) is 23.7 Å². The highest BCUT2D eigenvalue weighted by Gasteiger charge is 2.32. The predicted octanol–water partition coefficient (Wildman–Crippen LogP) is 4.29.